The average molecular weight is 417 g/mol. The predicted molar refractivity (Wildman–Crippen MR) is 104 cm³/mol. The summed E-state index contributed by atoms with van der Waals surface area (Å²) in [6.07, 6.45) is -0.407. The van der Waals surface area contributed by atoms with Crippen molar-refractivity contribution in [2.24, 2.45) is 0 Å². The number of morpholine rings is 1. The highest BCUT2D eigenvalue weighted by Gasteiger charge is 2.60. The first kappa shape index (κ1) is 21.9. The second-order valence-electron chi connectivity index (χ2n) is 9.58. The maximum Gasteiger partial charge on any atom is 0.190 e. The Morgan fingerprint density at radius 2 is 1.55 bits per heavy atom. The molecule has 8 heteroatoms. The molecule has 0 saturated carbocycles. The molecule has 4 fully saturated rings. The lowest BCUT2D eigenvalue weighted by atomic mass is 9.99. The Labute approximate surface area is 174 Å². The third kappa shape index (κ3) is 4.80. The van der Waals surface area contributed by atoms with Gasteiger partial charge in [-0.15, -0.1) is 0 Å². The Morgan fingerprint density at radius 1 is 0.897 bits per heavy atom. The van der Waals surface area contributed by atoms with Gasteiger partial charge >= 0.3 is 0 Å². The standard InChI is InChI=1S/C21H38NO7/c1-6-22(9-12-23-13-10-22)8-7-11-24-14-15-16-17(27-20(2,3)26-16)18-19(25-15)29-21(4,5)28-18/h15-19H,6-14H2,1-5H3/q+1/t15-,16+,17+,18-,19-/m1/s1. The lowest BCUT2D eigenvalue weighted by Gasteiger charge is -2.40. The normalized spacial score (nSPS) is 39.8. The minimum Gasteiger partial charge on any atom is -0.378 e. The first-order valence-electron chi connectivity index (χ1n) is 11.1. The summed E-state index contributed by atoms with van der Waals surface area (Å²) in [6.45, 7) is 17.3. The highest BCUT2D eigenvalue weighted by Crippen LogP contribution is 2.44. The number of nitrogens with zero attached hydrogens (tertiary/aromatic N) is 1. The molecule has 4 rings (SSSR count). The van der Waals surface area contributed by atoms with E-state index in [1.165, 1.54) is 0 Å². The molecule has 29 heavy (non-hydrogen) atoms. The second kappa shape index (κ2) is 8.31. The van der Waals surface area contributed by atoms with Crippen molar-refractivity contribution in [2.45, 2.75) is 83.3 Å². The first-order chi connectivity index (χ1) is 13.7. The molecule has 0 radical (unpaired) electrons. The molecule has 0 bridgehead atoms. The fourth-order valence-corrected chi connectivity index (χ4v) is 4.96. The van der Waals surface area contributed by atoms with Crippen LogP contribution in [0.5, 0.6) is 0 Å². The van der Waals surface area contributed by atoms with Gasteiger partial charge in [-0.05, 0) is 34.6 Å². The van der Waals surface area contributed by atoms with Crippen molar-refractivity contribution in [1.29, 1.82) is 0 Å². The highest BCUT2D eigenvalue weighted by molar-refractivity contribution is 5.00. The average Bonchev–Trinajstić information content (AvgIpc) is 3.16. The van der Waals surface area contributed by atoms with Crippen molar-refractivity contribution >= 4 is 0 Å². The van der Waals surface area contributed by atoms with Crippen molar-refractivity contribution in [2.75, 3.05) is 52.6 Å². The molecular formula is C21H38NO7+. The van der Waals surface area contributed by atoms with E-state index in [1.807, 2.05) is 27.7 Å². The molecule has 0 aromatic carbocycles. The number of hydrogen-bond donors (Lipinski definition) is 0. The van der Waals surface area contributed by atoms with Crippen LogP contribution in [0.25, 0.3) is 0 Å². The quantitative estimate of drug-likeness (QED) is 0.462. The highest BCUT2D eigenvalue weighted by atomic mass is 16.9. The van der Waals surface area contributed by atoms with E-state index in [1.54, 1.807) is 0 Å². The van der Waals surface area contributed by atoms with Crippen LogP contribution in [0.3, 0.4) is 0 Å². The van der Waals surface area contributed by atoms with Gasteiger partial charge in [0, 0.05) is 6.42 Å². The largest absolute Gasteiger partial charge is 0.378 e. The SMILES string of the molecule is CC[N+]1(CCCOC[C@H]2O[C@@H]3OC(C)(C)O[C@@H]3[C@H]3OC(C)(C)O[C@H]32)CCOCC1. The van der Waals surface area contributed by atoms with Crippen LogP contribution in [0.15, 0.2) is 0 Å². The summed E-state index contributed by atoms with van der Waals surface area (Å²) in [5.41, 5.74) is 0. The van der Waals surface area contributed by atoms with E-state index in [0.29, 0.717) is 13.2 Å². The summed E-state index contributed by atoms with van der Waals surface area (Å²) in [4.78, 5) is 0. The molecule has 0 spiro atoms. The third-order valence-electron chi connectivity index (χ3n) is 6.54. The van der Waals surface area contributed by atoms with Gasteiger partial charge in [0.15, 0.2) is 17.9 Å². The van der Waals surface area contributed by atoms with Crippen molar-refractivity contribution in [3.8, 4) is 0 Å². The topological polar surface area (TPSA) is 64.6 Å². The fourth-order valence-electron chi connectivity index (χ4n) is 4.96. The van der Waals surface area contributed by atoms with Crippen molar-refractivity contribution in [3.05, 3.63) is 0 Å². The number of quaternary nitrogens is 1. The summed E-state index contributed by atoms with van der Waals surface area (Å²) in [6, 6.07) is 0. The number of ether oxygens (including phenoxy) is 7. The summed E-state index contributed by atoms with van der Waals surface area (Å²) < 4.78 is 43.2. The number of rotatable bonds is 7. The Hall–Kier alpha value is -0.320. The van der Waals surface area contributed by atoms with E-state index in [0.717, 1.165) is 50.3 Å². The molecule has 0 aromatic rings. The summed E-state index contributed by atoms with van der Waals surface area (Å²) in [5, 5.41) is 0. The molecule has 4 aliphatic rings. The minimum atomic E-state index is -0.693. The van der Waals surface area contributed by atoms with Crippen LogP contribution in [0.4, 0.5) is 0 Å². The Bertz CT molecular complexity index is 563. The first-order valence-corrected chi connectivity index (χ1v) is 11.1. The van der Waals surface area contributed by atoms with Gasteiger partial charge in [0.2, 0.25) is 0 Å². The van der Waals surface area contributed by atoms with Crippen LogP contribution in [0, 0.1) is 0 Å². The van der Waals surface area contributed by atoms with E-state index < -0.39 is 17.9 Å². The van der Waals surface area contributed by atoms with Crippen molar-refractivity contribution < 1.29 is 37.6 Å². The zero-order valence-electron chi connectivity index (χ0n) is 18.6. The second-order valence-corrected chi connectivity index (χ2v) is 9.58. The molecule has 5 atom stereocenters. The van der Waals surface area contributed by atoms with Crippen LogP contribution in [-0.2, 0) is 33.2 Å². The molecule has 0 unspecified atom stereocenters. The molecular weight excluding hydrogens is 378 g/mol. The van der Waals surface area contributed by atoms with E-state index >= 15 is 0 Å². The summed E-state index contributed by atoms with van der Waals surface area (Å²) in [7, 11) is 0. The lowest BCUT2D eigenvalue weighted by molar-refractivity contribution is -0.933. The van der Waals surface area contributed by atoms with Crippen molar-refractivity contribution in [3.63, 3.8) is 0 Å². The summed E-state index contributed by atoms with van der Waals surface area (Å²) in [5.74, 6) is -1.36. The lowest BCUT2D eigenvalue weighted by Crippen LogP contribution is -2.56. The monoisotopic (exact) mass is 416 g/mol. The number of hydrogen-bond acceptors (Lipinski definition) is 7. The molecule has 4 aliphatic heterocycles. The van der Waals surface area contributed by atoms with Crippen LogP contribution < -0.4 is 0 Å². The van der Waals surface area contributed by atoms with Crippen molar-refractivity contribution in [1.82, 2.24) is 0 Å². The van der Waals surface area contributed by atoms with E-state index in [4.69, 9.17) is 33.2 Å². The van der Waals surface area contributed by atoms with Crippen LogP contribution in [0.2, 0.25) is 0 Å². The van der Waals surface area contributed by atoms with Gasteiger partial charge in [-0.2, -0.15) is 0 Å². The zero-order valence-corrected chi connectivity index (χ0v) is 18.6. The molecule has 8 nitrogen and oxygen atoms in total. The summed E-state index contributed by atoms with van der Waals surface area (Å²) >= 11 is 0. The number of fused-ring (bicyclic) bond motifs is 3. The maximum absolute atomic E-state index is 6.19. The molecule has 4 heterocycles. The number of likely N-dealkylation sites (N-methyl/N-ethyl adjacent to an activating group) is 1. The van der Waals surface area contributed by atoms with Gasteiger partial charge in [0.05, 0.1) is 39.5 Å². The molecule has 0 amide bonds. The Balaban J connectivity index is 1.29. The van der Waals surface area contributed by atoms with Crippen LogP contribution >= 0.6 is 0 Å². The zero-order chi connectivity index (χ0) is 20.7. The Morgan fingerprint density at radius 3 is 2.28 bits per heavy atom. The van der Waals surface area contributed by atoms with Gasteiger partial charge in [-0.3, -0.25) is 0 Å². The van der Waals surface area contributed by atoms with Gasteiger partial charge < -0.3 is 37.6 Å². The van der Waals surface area contributed by atoms with Crippen LogP contribution in [-0.4, -0.2) is 99.4 Å². The van der Waals surface area contributed by atoms with E-state index in [9.17, 15) is 0 Å². The van der Waals surface area contributed by atoms with E-state index in [-0.39, 0.29) is 24.4 Å². The smallest absolute Gasteiger partial charge is 0.190 e. The molecule has 0 N–H and O–H groups in total. The van der Waals surface area contributed by atoms with E-state index in [2.05, 4.69) is 6.92 Å². The minimum absolute atomic E-state index is 0.221. The van der Waals surface area contributed by atoms with Gasteiger partial charge in [-0.1, -0.05) is 0 Å². The molecule has 0 aliphatic carbocycles. The maximum atomic E-state index is 6.19. The van der Waals surface area contributed by atoms with Gasteiger partial charge in [-0.25, -0.2) is 0 Å². The predicted octanol–water partition coefficient (Wildman–Crippen LogP) is 1.66. The fraction of sp³-hybridized carbons (Fsp3) is 1.00. The van der Waals surface area contributed by atoms with Crippen LogP contribution in [0.1, 0.15) is 41.0 Å². The third-order valence-corrected chi connectivity index (χ3v) is 6.54. The molecule has 168 valence electrons. The van der Waals surface area contributed by atoms with Gasteiger partial charge in [0.25, 0.3) is 0 Å². The molecule has 0 aromatic heterocycles. The van der Waals surface area contributed by atoms with Gasteiger partial charge in [0.1, 0.15) is 37.5 Å². The molecule has 4 saturated heterocycles. The Kier molecular flexibility index (Phi) is 6.28.